The van der Waals surface area contributed by atoms with Crippen LogP contribution in [0.15, 0.2) is 78.4 Å². The maximum absolute atomic E-state index is 13.2. The number of Topliss-reactive ketones (excluding diaryl/α,β-unsaturated/α-hetero) is 1. The van der Waals surface area contributed by atoms with Gasteiger partial charge in [0.1, 0.15) is 5.76 Å². The molecule has 0 radical (unpaired) electrons. The Labute approximate surface area is 214 Å². The molecule has 1 unspecified atom stereocenters. The molecule has 0 spiro atoms. The first-order chi connectivity index (χ1) is 17.9. The fourth-order valence-electron chi connectivity index (χ4n) is 4.41. The molecule has 1 saturated heterocycles. The molecule has 37 heavy (non-hydrogen) atoms. The highest BCUT2D eigenvalue weighted by Gasteiger charge is 2.45. The quantitative estimate of drug-likeness (QED) is 0.214. The minimum absolute atomic E-state index is 0.00525. The van der Waals surface area contributed by atoms with E-state index in [2.05, 4.69) is 0 Å². The normalized spacial score (nSPS) is 16.5. The summed E-state index contributed by atoms with van der Waals surface area (Å²) in [6.45, 7) is 0.203. The second-order valence-corrected chi connectivity index (χ2v) is 8.41. The van der Waals surface area contributed by atoms with Gasteiger partial charge in [-0.25, -0.2) is 4.79 Å². The Kier molecular flexibility index (Phi) is 7.57. The first-order valence-corrected chi connectivity index (χ1v) is 11.6. The summed E-state index contributed by atoms with van der Waals surface area (Å²) >= 11 is 0. The number of aliphatic hydroxyl groups excluding tert-OH is 1. The van der Waals surface area contributed by atoms with Crippen molar-refractivity contribution >= 4 is 23.4 Å². The number of carbonyl (C=O) groups is 3. The van der Waals surface area contributed by atoms with E-state index < -0.39 is 23.7 Å². The molecule has 1 aliphatic rings. The Balaban J connectivity index is 1.74. The molecule has 0 bridgehead atoms. The zero-order valence-corrected chi connectivity index (χ0v) is 20.8. The van der Waals surface area contributed by atoms with E-state index in [0.717, 1.165) is 5.56 Å². The molecular weight excluding hydrogens is 474 g/mol. The highest BCUT2D eigenvalue weighted by atomic mass is 16.5. The summed E-state index contributed by atoms with van der Waals surface area (Å²) in [4.78, 5) is 39.8. The highest BCUT2D eigenvalue weighted by Crippen LogP contribution is 2.39. The number of ketones is 1. The zero-order chi connectivity index (χ0) is 26.5. The zero-order valence-electron chi connectivity index (χ0n) is 20.8. The van der Waals surface area contributed by atoms with Crippen molar-refractivity contribution in [2.75, 3.05) is 27.9 Å². The number of amides is 1. The van der Waals surface area contributed by atoms with Crippen molar-refractivity contribution < 1.29 is 33.7 Å². The van der Waals surface area contributed by atoms with Crippen molar-refractivity contribution in [3.05, 3.63) is 101 Å². The standard InChI is InChI=1S/C29H27NO7/c1-35-22-14-9-18(17-23(22)36-2)15-16-30-25(19-10-12-21(13-11-19)29(34)37-3)24(27(32)28(30)33)26(31)20-7-5-4-6-8-20/h4-14,17,25,31H,15-16H2,1-3H3/b26-24-. The van der Waals surface area contributed by atoms with Gasteiger partial charge in [0.15, 0.2) is 11.5 Å². The smallest absolute Gasteiger partial charge is 0.337 e. The maximum atomic E-state index is 13.2. The van der Waals surface area contributed by atoms with Gasteiger partial charge in [-0.15, -0.1) is 0 Å². The van der Waals surface area contributed by atoms with Crippen LogP contribution in [-0.4, -0.2) is 55.5 Å². The van der Waals surface area contributed by atoms with E-state index in [-0.39, 0.29) is 17.9 Å². The first-order valence-electron chi connectivity index (χ1n) is 11.6. The van der Waals surface area contributed by atoms with E-state index in [9.17, 15) is 19.5 Å². The minimum atomic E-state index is -0.841. The Morgan fingerprint density at radius 1 is 0.865 bits per heavy atom. The maximum Gasteiger partial charge on any atom is 0.337 e. The van der Waals surface area contributed by atoms with Crippen molar-refractivity contribution in [3.63, 3.8) is 0 Å². The first kappa shape index (κ1) is 25.5. The van der Waals surface area contributed by atoms with E-state index in [1.54, 1.807) is 74.9 Å². The molecule has 1 amide bonds. The van der Waals surface area contributed by atoms with E-state index in [1.807, 2.05) is 12.1 Å². The van der Waals surface area contributed by atoms with Crippen LogP contribution in [0.1, 0.15) is 33.1 Å². The van der Waals surface area contributed by atoms with Gasteiger partial charge < -0.3 is 24.2 Å². The molecule has 1 fully saturated rings. The molecule has 1 aliphatic heterocycles. The van der Waals surface area contributed by atoms with Gasteiger partial charge in [0.25, 0.3) is 11.7 Å². The van der Waals surface area contributed by atoms with Gasteiger partial charge in [0, 0.05) is 12.1 Å². The number of rotatable bonds is 8. The van der Waals surface area contributed by atoms with E-state index in [4.69, 9.17) is 14.2 Å². The molecule has 0 aliphatic carbocycles. The van der Waals surface area contributed by atoms with Crippen molar-refractivity contribution in [2.45, 2.75) is 12.5 Å². The van der Waals surface area contributed by atoms with Gasteiger partial charge in [0.05, 0.1) is 38.5 Å². The van der Waals surface area contributed by atoms with Gasteiger partial charge in [-0.1, -0.05) is 48.5 Å². The molecule has 1 heterocycles. The number of esters is 1. The third-order valence-corrected chi connectivity index (χ3v) is 6.32. The van der Waals surface area contributed by atoms with Crippen LogP contribution in [0, 0.1) is 0 Å². The van der Waals surface area contributed by atoms with Crippen LogP contribution >= 0.6 is 0 Å². The summed E-state index contributed by atoms with van der Waals surface area (Å²) < 4.78 is 15.4. The molecular formula is C29H27NO7. The van der Waals surface area contributed by atoms with Crippen LogP contribution in [-0.2, 0) is 20.7 Å². The van der Waals surface area contributed by atoms with Crippen LogP contribution < -0.4 is 9.47 Å². The lowest BCUT2D eigenvalue weighted by Crippen LogP contribution is -2.31. The van der Waals surface area contributed by atoms with Crippen LogP contribution in [0.2, 0.25) is 0 Å². The monoisotopic (exact) mass is 501 g/mol. The van der Waals surface area contributed by atoms with Crippen molar-refractivity contribution in [1.29, 1.82) is 0 Å². The average Bonchev–Trinajstić information content (AvgIpc) is 3.20. The van der Waals surface area contributed by atoms with E-state index in [0.29, 0.717) is 34.6 Å². The van der Waals surface area contributed by atoms with Crippen molar-refractivity contribution in [3.8, 4) is 11.5 Å². The fourth-order valence-corrected chi connectivity index (χ4v) is 4.41. The predicted molar refractivity (Wildman–Crippen MR) is 136 cm³/mol. The fraction of sp³-hybridized carbons (Fsp3) is 0.207. The predicted octanol–water partition coefficient (Wildman–Crippen LogP) is 4.15. The molecule has 0 saturated carbocycles. The van der Waals surface area contributed by atoms with Gasteiger partial charge in [0.2, 0.25) is 0 Å². The largest absolute Gasteiger partial charge is 0.507 e. The number of hydrogen-bond donors (Lipinski definition) is 1. The second-order valence-electron chi connectivity index (χ2n) is 8.41. The Bertz CT molecular complexity index is 1350. The summed E-state index contributed by atoms with van der Waals surface area (Å²) in [5.74, 6) is -1.09. The number of methoxy groups -OCH3 is 3. The van der Waals surface area contributed by atoms with Crippen LogP contribution in [0.3, 0.4) is 0 Å². The van der Waals surface area contributed by atoms with Gasteiger partial charge in [-0.05, 0) is 41.8 Å². The van der Waals surface area contributed by atoms with Crippen molar-refractivity contribution in [1.82, 2.24) is 4.90 Å². The second kappa shape index (κ2) is 11.0. The summed E-state index contributed by atoms with van der Waals surface area (Å²) in [6.07, 6.45) is 0.426. The van der Waals surface area contributed by atoms with Crippen molar-refractivity contribution in [2.24, 2.45) is 0 Å². The molecule has 0 aromatic heterocycles. The Morgan fingerprint density at radius 3 is 2.16 bits per heavy atom. The molecule has 190 valence electrons. The number of nitrogens with zero attached hydrogens (tertiary/aromatic N) is 1. The summed E-state index contributed by atoms with van der Waals surface area (Å²) in [5, 5.41) is 11.1. The summed E-state index contributed by atoms with van der Waals surface area (Å²) in [7, 11) is 4.39. The van der Waals surface area contributed by atoms with Crippen LogP contribution in [0.25, 0.3) is 5.76 Å². The molecule has 3 aromatic carbocycles. The molecule has 8 nitrogen and oxygen atoms in total. The third kappa shape index (κ3) is 5.04. The third-order valence-electron chi connectivity index (χ3n) is 6.32. The number of ether oxygens (including phenoxy) is 3. The Hall–Kier alpha value is -4.59. The molecule has 4 rings (SSSR count). The lowest BCUT2D eigenvalue weighted by molar-refractivity contribution is -0.139. The molecule has 1 atom stereocenters. The van der Waals surface area contributed by atoms with Crippen LogP contribution in [0.4, 0.5) is 0 Å². The Morgan fingerprint density at radius 2 is 1.54 bits per heavy atom. The highest BCUT2D eigenvalue weighted by molar-refractivity contribution is 6.46. The SMILES string of the molecule is COC(=O)c1ccc(C2/C(=C(/O)c3ccccc3)C(=O)C(=O)N2CCc2ccc(OC)c(OC)c2)cc1. The molecule has 3 aromatic rings. The number of carbonyl (C=O) groups excluding carboxylic acids is 3. The summed E-state index contributed by atoms with van der Waals surface area (Å²) in [5.41, 5.74) is 2.21. The van der Waals surface area contributed by atoms with E-state index in [1.165, 1.54) is 12.0 Å². The van der Waals surface area contributed by atoms with Gasteiger partial charge >= 0.3 is 5.97 Å². The topological polar surface area (TPSA) is 102 Å². The number of benzene rings is 3. The van der Waals surface area contributed by atoms with Crippen LogP contribution in [0.5, 0.6) is 11.5 Å². The summed E-state index contributed by atoms with van der Waals surface area (Å²) in [6, 6.07) is 19.7. The van der Waals surface area contributed by atoms with E-state index >= 15 is 0 Å². The average molecular weight is 502 g/mol. The number of hydrogen-bond acceptors (Lipinski definition) is 7. The number of likely N-dealkylation sites (tertiary alicyclic amines) is 1. The minimum Gasteiger partial charge on any atom is -0.507 e. The molecule has 8 heteroatoms. The van der Waals surface area contributed by atoms with Gasteiger partial charge in [-0.2, -0.15) is 0 Å². The number of aliphatic hydroxyl groups is 1. The van der Waals surface area contributed by atoms with Gasteiger partial charge in [-0.3, -0.25) is 9.59 Å². The molecule has 1 N–H and O–H groups in total. The lowest BCUT2D eigenvalue weighted by Gasteiger charge is -2.25. The lowest BCUT2D eigenvalue weighted by atomic mass is 9.94.